The average Bonchev–Trinajstić information content (AvgIpc) is 2.29. The molecular weight excluding hydrogens is 232 g/mol. The molecule has 17 heavy (non-hydrogen) atoms. The maximum atomic E-state index is 5.99. The molecule has 1 rings (SSSR count). The Bertz CT molecular complexity index is 219. The molecule has 0 aromatic rings. The second-order valence-corrected chi connectivity index (χ2v) is 6.14. The molecule has 3 nitrogen and oxygen atoms in total. The molecule has 0 heterocycles. The Morgan fingerprint density at radius 1 is 1.53 bits per heavy atom. The van der Waals surface area contributed by atoms with Crippen LogP contribution in [0, 0.1) is 0 Å². The van der Waals surface area contributed by atoms with E-state index in [1.54, 1.807) is 0 Å². The number of hydrogen-bond acceptors (Lipinski definition) is 4. The minimum absolute atomic E-state index is 0.192. The van der Waals surface area contributed by atoms with Crippen LogP contribution in [0.4, 0.5) is 0 Å². The number of nitrogens with two attached hydrogens (primary N) is 1. The summed E-state index contributed by atoms with van der Waals surface area (Å²) in [7, 11) is 2.22. The first-order valence-electron chi connectivity index (χ1n) is 6.63. The van der Waals surface area contributed by atoms with E-state index in [-0.39, 0.29) is 5.54 Å². The van der Waals surface area contributed by atoms with Crippen molar-refractivity contribution in [2.45, 2.75) is 50.8 Å². The normalized spacial score (nSPS) is 30.4. The highest BCUT2D eigenvalue weighted by Gasteiger charge is 2.47. The summed E-state index contributed by atoms with van der Waals surface area (Å²) in [6.45, 7) is 5.93. The van der Waals surface area contributed by atoms with Gasteiger partial charge < -0.3 is 10.5 Å². The van der Waals surface area contributed by atoms with Gasteiger partial charge in [-0.2, -0.15) is 11.8 Å². The monoisotopic (exact) mass is 260 g/mol. The fourth-order valence-corrected chi connectivity index (χ4v) is 3.27. The second kappa shape index (κ2) is 6.98. The minimum atomic E-state index is 0.192. The fourth-order valence-electron chi connectivity index (χ4n) is 2.69. The van der Waals surface area contributed by atoms with E-state index in [0.717, 1.165) is 26.0 Å². The Hall–Kier alpha value is 0.230. The molecule has 4 heteroatoms. The van der Waals surface area contributed by atoms with Crippen LogP contribution >= 0.6 is 11.8 Å². The molecule has 0 bridgehead atoms. The number of rotatable bonds is 8. The van der Waals surface area contributed by atoms with Gasteiger partial charge in [0.2, 0.25) is 0 Å². The minimum Gasteiger partial charge on any atom is -0.378 e. The van der Waals surface area contributed by atoms with Gasteiger partial charge in [0.05, 0.1) is 6.10 Å². The molecule has 1 atom stereocenters. The van der Waals surface area contributed by atoms with Crippen LogP contribution in [0.2, 0.25) is 0 Å². The Morgan fingerprint density at radius 2 is 2.18 bits per heavy atom. The van der Waals surface area contributed by atoms with Gasteiger partial charge in [0, 0.05) is 24.7 Å². The van der Waals surface area contributed by atoms with Crippen molar-refractivity contribution in [3.8, 4) is 0 Å². The molecular formula is C13H28N2OS. The molecule has 1 saturated carbocycles. The molecule has 0 radical (unpaired) electrons. The lowest BCUT2D eigenvalue weighted by Gasteiger charge is -2.54. The molecule has 0 amide bonds. The molecule has 0 saturated heterocycles. The predicted molar refractivity (Wildman–Crippen MR) is 76.7 cm³/mol. The molecule has 0 aromatic heterocycles. The van der Waals surface area contributed by atoms with E-state index in [2.05, 4.69) is 32.1 Å². The highest BCUT2D eigenvalue weighted by atomic mass is 32.2. The van der Waals surface area contributed by atoms with Crippen LogP contribution in [-0.4, -0.2) is 54.8 Å². The van der Waals surface area contributed by atoms with E-state index in [1.165, 1.54) is 12.2 Å². The Kier molecular flexibility index (Phi) is 6.27. The van der Waals surface area contributed by atoms with Gasteiger partial charge in [-0.3, -0.25) is 4.90 Å². The third-order valence-corrected chi connectivity index (χ3v) is 4.79. The van der Waals surface area contributed by atoms with Gasteiger partial charge in [0.25, 0.3) is 0 Å². The van der Waals surface area contributed by atoms with Crippen LogP contribution < -0.4 is 5.73 Å². The standard InChI is InChI=1S/C13H28N2OS/c1-5-16-12-8-13(9-12,10-14)15(3)11(2)6-7-17-4/h11-12H,5-10,14H2,1-4H3. The second-order valence-electron chi connectivity index (χ2n) is 5.16. The summed E-state index contributed by atoms with van der Waals surface area (Å²) in [5.74, 6) is 1.22. The van der Waals surface area contributed by atoms with Crippen LogP contribution in [0.25, 0.3) is 0 Å². The predicted octanol–water partition coefficient (Wildman–Crippen LogP) is 1.96. The summed E-state index contributed by atoms with van der Waals surface area (Å²) < 4.78 is 5.66. The van der Waals surface area contributed by atoms with Crippen molar-refractivity contribution in [1.29, 1.82) is 0 Å². The summed E-state index contributed by atoms with van der Waals surface area (Å²) in [6, 6.07) is 0.605. The van der Waals surface area contributed by atoms with Gasteiger partial charge in [-0.1, -0.05) is 0 Å². The van der Waals surface area contributed by atoms with Crippen molar-refractivity contribution >= 4 is 11.8 Å². The lowest BCUT2D eigenvalue weighted by atomic mass is 9.72. The molecule has 2 N–H and O–H groups in total. The van der Waals surface area contributed by atoms with Crippen molar-refractivity contribution in [2.75, 3.05) is 32.2 Å². The number of nitrogens with zero attached hydrogens (tertiary/aromatic N) is 1. The SMILES string of the molecule is CCOC1CC(CN)(N(C)C(C)CCSC)C1. The maximum absolute atomic E-state index is 5.99. The van der Waals surface area contributed by atoms with Gasteiger partial charge in [-0.05, 0) is 52.2 Å². The topological polar surface area (TPSA) is 38.5 Å². The van der Waals surface area contributed by atoms with Crippen molar-refractivity contribution in [1.82, 2.24) is 4.90 Å². The van der Waals surface area contributed by atoms with E-state index in [9.17, 15) is 0 Å². The van der Waals surface area contributed by atoms with Crippen molar-refractivity contribution in [2.24, 2.45) is 5.73 Å². The van der Waals surface area contributed by atoms with Gasteiger partial charge in [0.1, 0.15) is 0 Å². The summed E-state index contributed by atoms with van der Waals surface area (Å²) in [6.07, 6.45) is 6.02. The van der Waals surface area contributed by atoms with Crippen LogP contribution in [0.1, 0.15) is 33.1 Å². The number of ether oxygens (including phenoxy) is 1. The molecule has 1 aliphatic rings. The molecule has 0 spiro atoms. The Balaban J connectivity index is 2.45. The smallest absolute Gasteiger partial charge is 0.0611 e. The summed E-state index contributed by atoms with van der Waals surface area (Å²) in [5, 5.41) is 0. The Morgan fingerprint density at radius 3 is 2.65 bits per heavy atom. The molecule has 102 valence electrons. The lowest BCUT2D eigenvalue weighted by Crippen LogP contribution is -2.64. The van der Waals surface area contributed by atoms with E-state index in [0.29, 0.717) is 12.1 Å². The molecule has 0 aliphatic heterocycles. The zero-order valence-corrected chi connectivity index (χ0v) is 12.6. The van der Waals surface area contributed by atoms with Crippen molar-refractivity contribution in [3.63, 3.8) is 0 Å². The van der Waals surface area contributed by atoms with E-state index < -0.39 is 0 Å². The first-order valence-corrected chi connectivity index (χ1v) is 8.02. The van der Waals surface area contributed by atoms with E-state index in [4.69, 9.17) is 10.5 Å². The van der Waals surface area contributed by atoms with Crippen molar-refractivity contribution < 1.29 is 4.74 Å². The highest BCUT2D eigenvalue weighted by molar-refractivity contribution is 7.98. The van der Waals surface area contributed by atoms with Gasteiger partial charge in [-0.25, -0.2) is 0 Å². The van der Waals surface area contributed by atoms with Crippen LogP contribution in [-0.2, 0) is 4.74 Å². The first-order chi connectivity index (χ1) is 8.09. The Labute approximate surface area is 110 Å². The maximum Gasteiger partial charge on any atom is 0.0611 e. The molecule has 0 aromatic carbocycles. The van der Waals surface area contributed by atoms with Crippen LogP contribution in [0.5, 0.6) is 0 Å². The van der Waals surface area contributed by atoms with Gasteiger partial charge in [0.15, 0.2) is 0 Å². The van der Waals surface area contributed by atoms with Crippen LogP contribution in [0.3, 0.4) is 0 Å². The molecule has 1 aliphatic carbocycles. The van der Waals surface area contributed by atoms with Gasteiger partial charge >= 0.3 is 0 Å². The number of thioether (sulfide) groups is 1. The number of likely N-dealkylation sites (N-methyl/N-ethyl adjacent to an activating group) is 1. The van der Waals surface area contributed by atoms with Crippen LogP contribution in [0.15, 0.2) is 0 Å². The van der Waals surface area contributed by atoms with E-state index in [1.807, 2.05) is 11.8 Å². The third-order valence-electron chi connectivity index (χ3n) is 4.15. The largest absolute Gasteiger partial charge is 0.378 e. The third kappa shape index (κ3) is 3.60. The fraction of sp³-hybridized carbons (Fsp3) is 1.00. The molecule has 1 fully saturated rings. The quantitative estimate of drug-likeness (QED) is 0.724. The zero-order valence-electron chi connectivity index (χ0n) is 11.7. The first kappa shape index (κ1) is 15.3. The highest BCUT2D eigenvalue weighted by Crippen LogP contribution is 2.39. The molecule has 1 unspecified atom stereocenters. The average molecular weight is 260 g/mol. The van der Waals surface area contributed by atoms with E-state index >= 15 is 0 Å². The summed E-state index contributed by atoms with van der Waals surface area (Å²) in [4.78, 5) is 2.48. The number of hydrogen-bond donors (Lipinski definition) is 1. The summed E-state index contributed by atoms with van der Waals surface area (Å²) in [5.41, 5.74) is 6.18. The zero-order chi connectivity index (χ0) is 12.9. The summed E-state index contributed by atoms with van der Waals surface area (Å²) >= 11 is 1.92. The van der Waals surface area contributed by atoms with Crippen molar-refractivity contribution in [3.05, 3.63) is 0 Å². The lowest BCUT2D eigenvalue weighted by molar-refractivity contribution is -0.102. The van der Waals surface area contributed by atoms with Gasteiger partial charge in [-0.15, -0.1) is 0 Å².